The van der Waals surface area contributed by atoms with Crippen molar-refractivity contribution in [1.82, 2.24) is 5.32 Å². The molecule has 2 N–H and O–H groups in total. The first-order chi connectivity index (χ1) is 6.33. The number of nitrogens with one attached hydrogen (secondary N) is 1. The van der Waals surface area contributed by atoms with Crippen LogP contribution in [0.4, 0.5) is 0 Å². The molecule has 0 bridgehead atoms. The van der Waals surface area contributed by atoms with E-state index in [4.69, 9.17) is 0 Å². The monoisotopic (exact) mass is 221 g/mol. The summed E-state index contributed by atoms with van der Waals surface area (Å²) in [5.41, 5.74) is -1.05. The molecule has 1 atom stereocenters. The Kier molecular flexibility index (Phi) is 3.55. The van der Waals surface area contributed by atoms with E-state index in [9.17, 15) is 13.5 Å². The van der Waals surface area contributed by atoms with Gasteiger partial charge in [-0.2, -0.15) is 0 Å². The second kappa shape index (κ2) is 4.16. The Hall–Kier alpha value is -0.130. The number of hydrogen-bond acceptors (Lipinski definition) is 4. The normalized spacial score (nSPS) is 32.0. The molecule has 14 heavy (non-hydrogen) atoms. The van der Waals surface area contributed by atoms with Crippen molar-refractivity contribution in [2.24, 2.45) is 0 Å². The summed E-state index contributed by atoms with van der Waals surface area (Å²) in [6, 6.07) is 0.267. The summed E-state index contributed by atoms with van der Waals surface area (Å²) in [4.78, 5) is 0. The molecule has 1 heterocycles. The van der Waals surface area contributed by atoms with Crippen LogP contribution in [0.3, 0.4) is 0 Å². The van der Waals surface area contributed by atoms with Gasteiger partial charge in [-0.3, -0.25) is 0 Å². The van der Waals surface area contributed by atoms with Crippen LogP contribution in [-0.4, -0.2) is 43.2 Å². The SMILES string of the molecule is CC(C)NCC1(O)CCCS(=O)(=O)C1. The van der Waals surface area contributed by atoms with E-state index < -0.39 is 15.4 Å². The zero-order valence-corrected chi connectivity index (χ0v) is 9.60. The van der Waals surface area contributed by atoms with Gasteiger partial charge in [0.1, 0.15) is 0 Å². The van der Waals surface area contributed by atoms with Gasteiger partial charge in [0.15, 0.2) is 9.84 Å². The maximum Gasteiger partial charge on any atom is 0.153 e. The molecule has 1 saturated heterocycles. The second-order valence-electron chi connectivity index (χ2n) is 4.46. The van der Waals surface area contributed by atoms with Gasteiger partial charge in [0.05, 0.1) is 17.1 Å². The van der Waals surface area contributed by atoms with Crippen molar-refractivity contribution >= 4 is 9.84 Å². The van der Waals surface area contributed by atoms with Gasteiger partial charge < -0.3 is 10.4 Å². The van der Waals surface area contributed by atoms with Crippen molar-refractivity contribution in [2.75, 3.05) is 18.1 Å². The van der Waals surface area contributed by atoms with Crippen molar-refractivity contribution in [2.45, 2.75) is 38.3 Å². The average molecular weight is 221 g/mol. The highest BCUT2D eigenvalue weighted by Gasteiger charge is 2.36. The molecular formula is C9H19NO3S. The standard InChI is InChI=1S/C9H19NO3S/c1-8(2)10-6-9(11)4-3-5-14(12,13)7-9/h8,10-11H,3-7H2,1-2H3. The van der Waals surface area contributed by atoms with Crippen molar-refractivity contribution in [1.29, 1.82) is 0 Å². The summed E-state index contributed by atoms with van der Waals surface area (Å²) in [5.74, 6) is 0.122. The number of rotatable bonds is 3. The molecular weight excluding hydrogens is 202 g/mol. The molecule has 84 valence electrons. The van der Waals surface area contributed by atoms with Crippen LogP contribution in [0, 0.1) is 0 Å². The molecule has 0 aromatic carbocycles. The molecule has 0 aromatic heterocycles. The second-order valence-corrected chi connectivity index (χ2v) is 6.64. The largest absolute Gasteiger partial charge is 0.388 e. The van der Waals surface area contributed by atoms with Crippen molar-refractivity contribution < 1.29 is 13.5 Å². The zero-order valence-electron chi connectivity index (χ0n) is 8.78. The molecule has 5 heteroatoms. The van der Waals surface area contributed by atoms with Crippen molar-refractivity contribution in [3.05, 3.63) is 0 Å². The average Bonchev–Trinajstić information content (AvgIpc) is 1.98. The Bertz CT molecular complexity index is 286. The van der Waals surface area contributed by atoms with Crippen molar-refractivity contribution in [3.63, 3.8) is 0 Å². The first-order valence-electron chi connectivity index (χ1n) is 4.99. The summed E-state index contributed by atoms with van der Waals surface area (Å²) < 4.78 is 22.6. The number of hydrogen-bond donors (Lipinski definition) is 2. The quantitative estimate of drug-likeness (QED) is 0.700. The fraction of sp³-hybridized carbons (Fsp3) is 1.00. The molecule has 0 radical (unpaired) electrons. The lowest BCUT2D eigenvalue weighted by molar-refractivity contribution is 0.0479. The Morgan fingerprint density at radius 3 is 2.64 bits per heavy atom. The van der Waals surface area contributed by atoms with Gasteiger partial charge in [-0.1, -0.05) is 13.8 Å². The van der Waals surface area contributed by atoms with E-state index in [0.717, 1.165) is 0 Å². The Labute approximate surface area is 85.6 Å². The molecule has 1 aliphatic heterocycles. The molecule has 0 aromatic rings. The highest BCUT2D eigenvalue weighted by atomic mass is 32.2. The molecule has 0 aliphatic carbocycles. The van der Waals surface area contributed by atoms with Crippen LogP contribution in [0.15, 0.2) is 0 Å². The lowest BCUT2D eigenvalue weighted by Crippen LogP contribution is -2.50. The van der Waals surface area contributed by atoms with E-state index in [1.807, 2.05) is 13.8 Å². The highest BCUT2D eigenvalue weighted by molar-refractivity contribution is 7.91. The zero-order chi connectivity index (χ0) is 10.8. The lowest BCUT2D eigenvalue weighted by atomic mass is 10.00. The highest BCUT2D eigenvalue weighted by Crippen LogP contribution is 2.22. The topological polar surface area (TPSA) is 66.4 Å². The Balaban J connectivity index is 2.56. The molecule has 0 saturated carbocycles. The van der Waals surface area contributed by atoms with Gasteiger partial charge in [-0.15, -0.1) is 0 Å². The minimum Gasteiger partial charge on any atom is -0.388 e. The minimum absolute atomic E-state index is 0.0975. The van der Waals surface area contributed by atoms with E-state index in [0.29, 0.717) is 19.4 Å². The third kappa shape index (κ3) is 3.55. The van der Waals surface area contributed by atoms with E-state index >= 15 is 0 Å². The van der Waals surface area contributed by atoms with Crippen molar-refractivity contribution in [3.8, 4) is 0 Å². The van der Waals surface area contributed by atoms with Crippen LogP contribution in [0.2, 0.25) is 0 Å². The van der Waals surface area contributed by atoms with Crippen LogP contribution < -0.4 is 5.32 Å². The summed E-state index contributed by atoms with van der Waals surface area (Å²) in [5, 5.41) is 13.1. The van der Waals surface area contributed by atoms with Gasteiger partial charge >= 0.3 is 0 Å². The molecule has 0 amide bonds. The van der Waals surface area contributed by atoms with Gasteiger partial charge in [-0.25, -0.2) is 8.42 Å². The Morgan fingerprint density at radius 1 is 1.50 bits per heavy atom. The predicted octanol–water partition coefficient (Wildman–Crippen LogP) is -0.0759. The predicted molar refractivity (Wildman–Crippen MR) is 56.0 cm³/mol. The van der Waals surface area contributed by atoms with Crippen LogP contribution in [0.25, 0.3) is 0 Å². The number of sulfone groups is 1. The summed E-state index contributed by atoms with van der Waals surface area (Å²) in [7, 11) is -3.03. The molecule has 0 spiro atoms. The lowest BCUT2D eigenvalue weighted by Gasteiger charge is -2.32. The van der Waals surface area contributed by atoms with E-state index in [1.54, 1.807) is 0 Å². The molecule has 4 nitrogen and oxygen atoms in total. The first kappa shape index (κ1) is 11.9. The first-order valence-corrected chi connectivity index (χ1v) is 6.81. The van der Waals surface area contributed by atoms with Gasteiger partial charge in [-0.05, 0) is 12.8 Å². The van der Waals surface area contributed by atoms with Crippen LogP contribution in [-0.2, 0) is 9.84 Å². The van der Waals surface area contributed by atoms with Gasteiger partial charge in [0, 0.05) is 12.6 Å². The number of aliphatic hydroxyl groups is 1. The van der Waals surface area contributed by atoms with Crippen LogP contribution in [0.5, 0.6) is 0 Å². The fourth-order valence-electron chi connectivity index (χ4n) is 1.71. The van der Waals surface area contributed by atoms with Gasteiger partial charge in [0.2, 0.25) is 0 Å². The van der Waals surface area contributed by atoms with Crippen LogP contribution in [0.1, 0.15) is 26.7 Å². The maximum absolute atomic E-state index is 11.3. The minimum atomic E-state index is -3.03. The van der Waals surface area contributed by atoms with E-state index in [-0.39, 0.29) is 17.5 Å². The smallest absolute Gasteiger partial charge is 0.153 e. The fourth-order valence-corrected chi connectivity index (χ4v) is 3.50. The third-order valence-electron chi connectivity index (χ3n) is 2.43. The van der Waals surface area contributed by atoms with E-state index in [1.165, 1.54) is 0 Å². The molecule has 1 aliphatic rings. The summed E-state index contributed by atoms with van der Waals surface area (Å²) >= 11 is 0. The van der Waals surface area contributed by atoms with Gasteiger partial charge in [0.25, 0.3) is 0 Å². The Morgan fingerprint density at radius 2 is 2.14 bits per heavy atom. The third-order valence-corrected chi connectivity index (χ3v) is 4.31. The summed E-state index contributed by atoms with van der Waals surface area (Å²) in [6.45, 7) is 4.31. The molecule has 1 fully saturated rings. The van der Waals surface area contributed by atoms with E-state index in [2.05, 4.69) is 5.32 Å². The van der Waals surface area contributed by atoms with Crippen LogP contribution >= 0.6 is 0 Å². The molecule has 1 unspecified atom stereocenters. The summed E-state index contributed by atoms with van der Waals surface area (Å²) in [6.07, 6.45) is 1.14. The molecule has 1 rings (SSSR count). The maximum atomic E-state index is 11.3.